The zero-order valence-corrected chi connectivity index (χ0v) is 11.1. The minimum Gasteiger partial charge on any atom is -0.379 e. The third-order valence-electron chi connectivity index (χ3n) is 3.45. The SMILES string of the molecule is CC(C)c1ccc(C(C#N)N2CCOCC2)cc1. The van der Waals surface area contributed by atoms with Crippen LogP contribution in [0.1, 0.15) is 36.9 Å². The van der Waals surface area contributed by atoms with E-state index in [1.807, 2.05) is 0 Å². The average molecular weight is 244 g/mol. The van der Waals surface area contributed by atoms with E-state index in [0.29, 0.717) is 5.92 Å². The van der Waals surface area contributed by atoms with Crippen molar-refractivity contribution in [3.05, 3.63) is 35.4 Å². The topological polar surface area (TPSA) is 36.3 Å². The van der Waals surface area contributed by atoms with E-state index in [9.17, 15) is 5.26 Å². The Morgan fingerprint density at radius 2 is 1.67 bits per heavy atom. The number of nitriles is 1. The molecule has 1 saturated heterocycles. The molecular formula is C15H20N2O. The van der Waals surface area contributed by atoms with Crippen LogP contribution in [0, 0.1) is 11.3 Å². The fraction of sp³-hybridized carbons (Fsp3) is 0.533. The Morgan fingerprint density at radius 1 is 1.11 bits per heavy atom. The van der Waals surface area contributed by atoms with Gasteiger partial charge < -0.3 is 4.74 Å². The molecule has 1 unspecified atom stereocenters. The number of hydrogen-bond donors (Lipinski definition) is 0. The van der Waals surface area contributed by atoms with Crippen LogP contribution in [0.3, 0.4) is 0 Å². The lowest BCUT2D eigenvalue weighted by molar-refractivity contribution is 0.0266. The quantitative estimate of drug-likeness (QED) is 0.820. The van der Waals surface area contributed by atoms with Crippen LogP contribution in [-0.2, 0) is 4.74 Å². The van der Waals surface area contributed by atoms with Gasteiger partial charge in [0.25, 0.3) is 0 Å². The molecular weight excluding hydrogens is 224 g/mol. The van der Waals surface area contributed by atoms with Crippen molar-refractivity contribution in [3.63, 3.8) is 0 Å². The van der Waals surface area contributed by atoms with Gasteiger partial charge in [-0.2, -0.15) is 5.26 Å². The molecule has 0 N–H and O–H groups in total. The monoisotopic (exact) mass is 244 g/mol. The summed E-state index contributed by atoms with van der Waals surface area (Å²) in [5.74, 6) is 0.531. The molecule has 18 heavy (non-hydrogen) atoms. The van der Waals surface area contributed by atoms with Crippen molar-refractivity contribution in [2.45, 2.75) is 25.8 Å². The lowest BCUT2D eigenvalue weighted by Crippen LogP contribution is -2.38. The van der Waals surface area contributed by atoms with Crippen LogP contribution in [0.25, 0.3) is 0 Å². The van der Waals surface area contributed by atoms with Crippen LogP contribution in [0.2, 0.25) is 0 Å². The summed E-state index contributed by atoms with van der Waals surface area (Å²) in [4.78, 5) is 2.19. The maximum atomic E-state index is 9.38. The van der Waals surface area contributed by atoms with Crippen molar-refractivity contribution >= 4 is 0 Å². The highest BCUT2D eigenvalue weighted by atomic mass is 16.5. The molecule has 1 aromatic carbocycles. The second-order valence-electron chi connectivity index (χ2n) is 5.00. The largest absolute Gasteiger partial charge is 0.379 e. The Balaban J connectivity index is 2.14. The molecule has 1 heterocycles. The second-order valence-corrected chi connectivity index (χ2v) is 5.00. The molecule has 96 valence electrons. The van der Waals surface area contributed by atoms with Gasteiger partial charge in [0.2, 0.25) is 0 Å². The molecule has 3 nitrogen and oxygen atoms in total. The number of rotatable bonds is 3. The van der Waals surface area contributed by atoms with Crippen molar-refractivity contribution in [2.75, 3.05) is 26.3 Å². The van der Waals surface area contributed by atoms with Crippen molar-refractivity contribution in [2.24, 2.45) is 0 Å². The number of nitrogens with zero attached hydrogens (tertiary/aromatic N) is 2. The molecule has 3 heteroatoms. The highest BCUT2D eigenvalue weighted by molar-refractivity contribution is 5.29. The number of ether oxygens (including phenoxy) is 1. The fourth-order valence-electron chi connectivity index (χ4n) is 2.27. The van der Waals surface area contributed by atoms with E-state index in [1.54, 1.807) is 0 Å². The van der Waals surface area contributed by atoms with Gasteiger partial charge in [-0.05, 0) is 17.0 Å². The molecule has 0 radical (unpaired) electrons. The molecule has 0 aliphatic carbocycles. The number of hydrogen-bond acceptors (Lipinski definition) is 3. The first-order chi connectivity index (χ1) is 8.72. The molecule has 0 bridgehead atoms. The van der Waals surface area contributed by atoms with Crippen molar-refractivity contribution in [1.82, 2.24) is 4.90 Å². The summed E-state index contributed by atoms with van der Waals surface area (Å²) in [6, 6.07) is 10.7. The summed E-state index contributed by atoms with van der Waals surface area (Å²) in [6.45, 7) is 7.48. The van der Waals surface area contributed by atoms with Gasteiger partial charge in [-0.1, -0.05) is 38.1 Å². The van der Waals surface area contributed by atoms with Crippen LogP contribution in [0.4, 0.5) is 0 Å². The Labute approximate surface area is 109 Å². The van der Waals surface area contributed by atoms with E-state index in [2.05, 4.69) is 49.1 Å². The summed E-state index contributed by atoms with van der Waals surface area (Å²) in [5.41, 5.74) is 2.40. The van der Waals surface area contributed by atoms with E-state index >= 15 is 0 Å². The van der Waals surface area contributed by atoms with Crippen LogP contribution >= 0.6 is 0 Å². The normalized spacial score (nSPS) is 18.6. The Hall–Kier alpha value is -1.37. The van der Waals surface area contributed by atoms with Crippen LogP contribution in [-0.4, -0.2) is 31.2 Å². The summed E-state index contributed by atoms with van der Waals surface area (Å²) in [5, 5.41) is 9.38. The smallest absolute Gasteiger partial charge is 0.124 e. The maximum absolute atomic E-state index is 9.38. The molecule has 1 fully saturated rings. The van der Waals surface area contributed by atoms with E-state index in [-0.39, 0.29) is 6.04 Å². The van der Waals surface area contributed by atoms with Gasteiger partial charge in [-0.25, -0.2) is 0 Å². The van der Waals surface area contributed by atoms with E-state index < -0.39 is 0 Å². The van der Waals surface area contributed by atoms with Crippen molar-refractivity contribution in [1.29, 1.82) is 5.26 Å². The minimum absolute atomic E-state index is 0.143. The number of benzene rings is 1. The molecule has 1 atom stereocenters. The van der Waals surface area contributed by atoms with E-state index in [1.165, 1.54) is 5.56 Å². The molecule has 2 rings (SSSR count). The van der Waals surface area contributed by atoms with Gasteiger partial charge in [-0.3, -0.25) is 4.90 Å². The summed E-state index contributed by atoms with van der Waals surface area (Å²) in [7, 11) is 0. The lowest BCUT2D eigenvalue weighted by atomic mass is 9.99. The highest BCUT2D eigenvalue weighted by Gasteiger charge is 2.22. The Morgan fingerprint density at radius 3 is 2.17 bits per heavy atom. The first-order valence-electron chi connectivity index (χ1n) is 6.53. The Bertz CT molecular complexity index is 413. The molecule has 0 saturated carbocycles. The zero-order chi connectivity index (χ0) is 13.0. The molecule has 0 spiro atoms. The fourth-order valence-corrected chi connectivity index (χ4v) is 2.27. The summed E-state index contributed by atoms with van der Waals surface area (Å²) >= 11 is 0. The predicted octanol–water partition coefficient (Wildman–Crippen LogP) is 2.71. The first-order valence-corrected chi connectivity index (χ1v) is 6.53. The van der Waals surface area contributed by atoms with Crippen molar-refractivity contribution < 1.29 is 4.74 Å². The predicted molar refractivity (Wildman–Crippen MR) is 71.3 cm³/mol. The summed E-state index contributed by atoms with van der Waals surface area (Å²) in [6.07, 6.45) is 0. The van der Waals surface area contributed by atoms with Gasteiger partial charge in [-0.15, -0.1) is 0 Å². The van der Waals surface area contributed by atoms with Crippen LogP contribution in [0.15, 0.2) is 24.3 Å². The highest BCUT2D eigenvalue weighted by Crippen LogP contribution is 2.23. The molecule has 1 aliphatic rings. The molecule has 1 aliphatic heterocycles. The van der Waals surface area contributed by atoms with Gasteiger partial charge >= 0.3 is 0 Å². The third kappa shape index (κ3) is 2.90. The second kappa shape index (κ2) is 5.99. The first kappa shape index (κ1) is 13.1. The maximum Gasteiger partial charge on any atom is 0.124 e. The van der Waals surface area contributed by atoms with E-state index in [4.69, 9.17) is 4.74 Å². The molecule has 0 aromatic heterocycles. The average Bonchev–Trinajstić information content (AvgIpc) is 2.41. The third-order valence-corrected chi connectivity index (χ3v) is 3.45. The van der Waals surface area contributed by atoms with Crippen LogP contribution in [0.5, 0.6) is 0 Å². The number of morpholine rings is 1. The summed E-state index contributed by atoms with van der Waals surface area (Å²) < 4.78 is 5.33. The van der Waals surface area contributed by atoms with Gasteiger partial charge in [0, 0.05) is 13.1 Å². The van der Waals surface area contributed by atoms with Gasteiger partial charge in [0.05, 0.1) is 19.3 Å². The standard InChI is InChI=1S/C15H20N2O/c1-12(2)13-3-5-14(6-4-13)15(11-16)17-7-9-18-10-8-17/h3-6,12,15H,7-10H2,1-2H3. The van der Waals surface area contributed by atoms with Gasteiger partial charge in [0.1, 0.15) is 6.04 Å². The Kier molecular flexibility index (Phi) is 4.35. The van der Waals surface area contributed by atoms with Crippen LogP contribution < -0.4 is 0 Å². The minimum atomic E-state index is -0.143. The van der Waals surface area contributed by atoms with Gasteiger partial charge in [0.15, 0.2) is 0 Å². The molecule has 0 amide bonds. The van der Waals surface area contributed by atoms with E-state index in [0.717, 1.165) is 31.9 Å². The molecule has 1 aromatic rings. The zero-order valence-electron chi connectivity index (χ0n) is 11.1. The lowest BCUT2D eigenvalue weighted by Gasteiger charge is -2.30. The van der Waals surface area contributed by atoms with Crippen molar-refractivity contribution in [3.8, 4) is 6.07 Å².